The van der Waals surface area contributed by atoms with Gasteiger partial charge < -0.3 is 10.1 Å². The molecule has 1 aliphatic heterocycles. The van der Waals surface area contributed by atoms with Crippen LogP contribution in [0.5, 0.6) is 5.75 Å². The number of nitrogens with one attached hydrogen (secondary N) is 1. The molecule has 0 radical (unpaired) electrons. The number of thioether (sulfide) groups is 1. The van der Waals surface area contributed by atoms with Gasteiger partial charge in [-0.3, -0.25) is 9.69 Å². The first-order chi connectivity index (χ1) is 15.2. The molecule has 1 saturated heterocycles. The number of rotatable bonds is 9. The Labute approximate surface area is 186 Å². The number of hydrogen-bond acceptors (Lipinski definition) is 7. The molecule has 0 aliphatic carbocycles. The fourth-order valence-corrected chi connectivity index (χ4v) is 4.36. The molecule has 0 bridgehead atoms. The fourth-order valence-electron chi connectivity index (χ4n) is 3.66. The summed E-state index contributed by atoms with van der Waals surface area (Å²) >= 11 is 1.32. The van der Waals surface area contributed by atoms with Gasteiger partial charge in [0, 0.05) is 25.7 Å². The monoisotopic (exact) mass is 438 g/mol. The number of tetrazole rings is 1. The van der Waals surface area contributed by atoms with Crippen molar-refractivity contribution >= 4 is 17.7 Å². The molecule has 2 heterocycles. The van der Waals surface area contributed by atoms with Crippen molar-refractivity contribution in [3.05, 3.63) is 60.2 Å². The number of nitrogens with zero attached hydrogens (tertiary/aromatic N) is 5. The van der Waals surface area contributed by atoms with E-state index in [-0.39, 0.29) is 17.7 Å². The maximum absolute atomic E-state index is 12.5. The van der Waals surface area contributed by atoms with Gasteiger partial charge in [0.1, 0.15) is 11.4 Å². The van der Waals surface area contributed by atoms with Crippen molar-refractivity contribution in [2.75, 3.05) is 25.4 Å². The first-order valence-electron chi connectivity index (χ1n) is 10.4. The van der Waals surface area contributed by atoms with Gasteiger partial charge in [-0.15, -0.1) is 5.10 Å². The van der Waals surface area contributed by atoms with Gasteiger partial charge >= 0.3 is 0 Å². The summed E-state index contributed by atoms with van der Waals surface area (Å²) < 4.78 is 7.28. The molecule has 1 aliphatic rings. The third-order valence-corrected chi connectivity index (χ3v) is 5.97. The van der Waals surface area contributed by atoms with Gasteiger partial charge in [0.05, 0.1) is 12.4 Å². The van der Waals surface area contributed by atoms with E-state index in [1.165, 1.54) is 17.3 Å². The van der Waals surface area contributed by atoms with Crippen LogP contribution in [0.2, 0.25) is 0 Å². The number of para-hydroxylation sites is 2. The molecule has 2 aromatic carbocycles. The van der Waals surface area contributed by atoms with Crippen LogP contribution in [0, 0.1) is 0 Å². The van der Waals surface area contributed by atoms with Gasteiger partial charge in [-0.1, -0.05) is 54.2 Å². The Kier molecular flexibility index (Phi) is 7.16. The van der Waals surface area contributed by atoms with Crippen LogP contribution >= 0.6 is 11.8 Å². The molecule has 8 nitrogen and oxygen atoms in total. The van der Waals surface area contributed by atoms with E-state index in [2.05, 4.69) is 50.0 Å². The number of ether oxygens (including phenoxy) is 1. The van der Waals surface area contributed by atoms with Gasteiger partial charge in [0.25, 0.3) is 0 Å². The lowest BCUT2D eigenvalue weighted by Gasteiger charge is -2.16. The van der Waals surface area contributed by atoms with Crippen molar-refractivity contribution in [2.45, 2.75) is 31.1 Å². The summed E-state index contributed by atoms with van der Waals surface area (Å²) in [4.78, 5) is 14.9. The van der Waals surface area contributed by atoms with E-state index in [0.29, 0.717) is 17.5 Å². The summed E-state index contributed by atoms with van der Waals surface area (Å²) in [5.74, 6) is 0.948. The van der Waals surface area contributed by atoms with E-state index < -0.39 is 0 Å². The fraction of sp³-hybridized carbons (Fsp3) is 0.364. The molecule has 1 N–H and O–H groups in total. The minimum Gasteiger partial charge on any atom is -0.492 e. The van der Waals surface area contributed by atoms with Crippen molar-refractivity contribution < 1.29 is 9.53 Å². The summed E-state index contributed by atoms with van der Waals surface area (Å²) in [5, 5.41) is 15.6. The third kappa shape index (κ3) is 5.62. The van der Waals surface area contributed by atoms with E-state index in [1.54, 1.807) is 4.68 Å². The second kappa shape index (κ2) is 10.4. The molecule has 4 rings (SSSR count). The Balaban J connectivity index is 1.29. The molecule has 31 heavy (non-hydrogen) atoms. The number of likely N-dealkylation sites (tertiary alicyclic amines) is 1. The molecule has 1 unspecified atom stereocenters. The van der Waals surface area contributed by atoms with Gasteiger partial charge in [0.15, 0.2) is 0 Å². The number of carbonyl (C=O) groups is 1. The van der Waals surface area contributed by atoms with Gasteiger partial charge in [-0.05, 0) is 41.5 Å². The predicted octanol–water partition coefficient (Wildman–Crippen LogP) is 2.54. The van der Waals surface area contributed by atoms with Gasteiger partial charge in [-0.25, -0.2) is 0 Å². The topological polar surface area (TPSA) is 85.2 Å². The zero-order chi connectivity index (χ0) is 21.5. The summed E-state index contributed by atoms with van der Waals surface area (Å²) in [6.07, 6.45) is 0.961. The van der Waals surface area contributed by atoms with Crippen molar-refractivity contribution in [3.8, 4) is 11.4 Å². The molecule has 1 atom stereocenters. The molecule has 3 aromatic rings. The van der Waals surface area contributed by atoms with Crippen molar-refractivity contribution in [3.63, 3.8) is 0 Å². The quantitative estimate of drug-likeness (QED) is 0.514. The van der Waals surface area contributed by atoms with Crippen molar-refractivity contribution in [2.24, 2.45) is 0 Å². The first-order valence-corrected chi connectivity index (χ1v) is 11.4. The summed E-state index contributed by atoms with van der Waals surface area (Å²) in [7, 11) is 0. The van der Waals surface area contributed by atoms with Gasteiger partial charge in [-0.2, -0.15) is 4.68 Å². The summed E-state index contributed by atoms with van der Waals surface area (Å²) in [5.41, 5.74) is 2.05. The van der Waals surface area contributed by atoms with E-state index in [4.69, 9.17) is 4.74 Å². The molecule has 9 heteroatoms. The van der Waals surface area contributed by atoms with E-state index in [1.807, 2.05) is 37.3 Å². The summed E-state index contributed by atoms with van der Waals surface area (Å²) in [6, 6.07) is 18.2. The maximum atomic E-state index is 12.5. The average molecular weight is 439 g/mol. The molecule has 162 valence electrons. The maximum Gasteiger partial charge on any atom is 0.230 e. The molecular formula is C22H26N6O2S. The molecular weight excluding hydrogens is 412 g/mol. The van der Waals surface area contributed by atoms with Crippen LogP contribution < -0.4 is 10.1 Å². The van der Waals surface area contributed by atoms with Crippen LogP contribution in [0.1, 0.15) is 18.9 Å². The standard InChI is InChI=1S/C22H26N6O2S/c1-2-30-20-11-7-6-10-19(20)28-22(24-25-26-28)31-16-21(29)23-18-12-13-27(15-18)14-17-8-4-3-5-9-17/h3-11,18H,2,12-16H2,1H3,(H,23,29). The van der Waals surface area contributed by atoms with Crippen LogP contribution in [0.15, 0.2) is 59.8 Å². The van der Waals surface area contributed by atoms with E-state index in [9.17, 15) is 4.79 Å². The Morgan fingerprint density at radius 3 is 2.84 bits per heavy atom. The first kappa shape index (κ1) is 21.3. The number of benzene rings is 2. The number of aromatic nitrogens is 4. The third-order valence-electron chi connectivity index (χ3n) is 5.05. The minimum atomic E-state index is -0.01000. The number of amides is 1. The zero-order valence-corrected chi connectivity index (χ0v) is 18.3. The van der Waals surface area contributed by atoms with Gasteiger partial charge in [0.2, 0.25) is 11.1 Å². The minimum absolute atomic E-state index is 0.01000. The SMILES string of the molecule is CCOc1ccccc1-n1nnnc1SCC(=O)NC1CCN(Cc2ccccc2)C1. The highest BCUT2D eigenvalue weighted by Crippen LogP contribution is 2.26. The normalized spacial score (nSPS) is 16.4. The lowest BCUT2D eigenvalue weighted by molar-refractivity contribution is -0.119. The van der Waals surface area contributed by atoms with Crippen molar-refractivity contribution in [1.29, 1.82) is 0 Å². The van der Waals surface area contributed by atoms with Crippen molar-refractivity contribution in [1.82, 2.24) is 30.4 Å². The Morgan fingerprint density at radius 2 is 2.00 bits per heavy atom. The zero-order valence-electron chi connectivity index (χ0n) is 17.5. The second-order valence-electron chi connectivity index (χ2n) is 7.34. The van der Waals surface area contributed by atoms with Crippen LogP contribution in [-0.2, 0) is 11.3 Å². The largest absolute Gasteiger partial charge is 0.492 e. The smallest absolute Gasteiger partial charge is 0.230 e. The lowest BCUT2D eigenvalue weighted by Crippen LogP contribution is -2.38. The molecule has 1 aromatic heterocycles. The van der Waals surface area contributed by atoms with E-state index >= 15 is 0 Å². The number of carbonyl (C=O) groups excluding carboxylic acids is 1. The van der Waals surface area contributed by atoms with Crippen LogP contribution in [0.3, 0.4) is 0 Å². The second-order valence-corrected chi connectivity index (χ2v) is 8.28. The Morgan fingerprint density at radius 1 is 1.19 bits per heavy atom. The Hall–Kier alpha value is -2.91. The molecule has 0 spiro atoms. The predicted molar refractivity (Wildman–Crippen MR) is 119 cm³/mol. The van der Waals surface area contributed by atoms with Crippen LogP contribution in [0.4, 0.5) is 0 Å². The molecule has 0 saturated carbocycles. The van der Waals surface area contributed by atoms with Crippen LogP contribution in [-0.4, -0.2) is 62.5 Å². The average Bonchev–Trinajstić information content (AvgIpc) is 3.43. The highest BCUT2D eigenvalue weighted by molar-refractivity contribution is 7.99. The highest BCUT2D eigenvalue weighted by atomic mass is 32.2. The van der Waals surface area contributed by atoms with E-state index in [0.717, 1.165) is 31.7 Å². The molecule has 1 amide bonds. The summed E-state index contributed by atoms with van der Waals surface area (Å²) in [6.45, 7) is 5.24. The highest BCUT2D eigenvalue weighted by Gasteiger charge is 2.24. The number of hydrogen-bond donors (Lipinski definition) is 1. The molecule has 1 fully saturated rings. The lowest BCUT2D eigenvalue weighted by atomic mass is 10.2. The van der Waals surface area contributed by atoms with Crippen LogP contribution in [0.25, 0.3) is 5.69 Å². The Bertz CT molecular complexity index is 996.